The lowest BCUT2D eigenvalue weighted by Crippen LogP contribution is -2.62. The number of benzene rings is 1. The Morgan fingerprint density at radius 2 is 2.00 bits per heavy atom. The van der Waals surface area contributed by atoms with E-state index < -0.39 is 23.0 Å². The van der Waals surface area contributed by atoms with E-state index in [2.05, 4.69) is 17.2 Å². The maximum Gasteiger partial charge on any atom is 0.256 e. The van der Waals surface area contributed by atoms with E-state index in [-0.39, 0.29) is 29.0 Å². The third kappa shape index (κ3) is 3.12. The number of nitrogens with zero attached hydrogens (tertiary/aromatic N) is 1. The first-order valence-corrected chi connectivity index (χ1v) is 12.7. The van der Waals surface area contributed by atoms with Crippen LogP contribution >= 0.6 is 0 Å². The molecule has 3 fully saturated rings. The Kier molecular flexibility index (Phi) is 4.90. The van der Waals surface area contributed by atoms with Crippen LogP contribution in [0, 0.1) is 28.6 Å². The smallest absolute Gasteiger partial charge is 0.256 e. The van der Waals surface area contributed by atoms with E-state index in [1.165, 1.54) is 0 Å². The number of allylic oxidation sites excluding steroid dienone is 4. The Morgan fingerprint density at radius 1 is 1.20 bits per heavy atom. The molecule has 3 N–H and O–H groups in total. The van der Waals surface area contributed by atoms with Gasteiger partial charge in [-0.3, -0.25) is 14.6 Å². The summed E-state index contributed by atoms with van der Waals surface area (Å²) in [7, 11) is 0. The summed E-state index contributed by atoms with van der Waals surface area (Å²) in [6, 6.07) is 9.57. The van der Waals surface area contributed by atoms with Crippen LogP contribution in [0.2, 0.25) is 0 Å². The molecule has 6 rings (SSSR count). The molecule has 3 saturated carbocycles. The van der Waals surface area contributed by atoms with Crippen molar-refractivity contribution in [1.29, 1.82) is 0 Å². The van der Waals surface area contributed by atoms with Crippen molar-refractivity contribution in [3.05, 3.63) is 60.3 Å². The molecule has 1 heterocycles. The topological polar surface area (TPSA) is 99.5 Å². The van der Waals surface area contributed by atoms with Gasteiger partial charge in [-0.15, -0.1) is 0 Å². The number of aliphatic hydroxyl groups is 2. The number of carbonyl (C=O) groups is 2. The van der Waals surface area contributed by atoms with Crippen molar-refractivity contribution in [2.75, 3.05) is 5.32 Å². The van der Waals surface area contributed by atoms with Gasteiger partial charge in [-0.1, -0.05) is 43.7 Å². The van der Waals surface area contributed by atoms with Gasteiger partial charge in [0.1, 0.15) is 5.60 Å². The van der Waals surface area contributed by atoms with Crippen LogP contribution in [0.5, 0.6) is 0 Å². The summed E-state index contributed by atoms with van der Waals surface area (Å²) >= 11 is 0. The van der Waals surface area contributed by atoms with Crippen LogP contribution in [0.3, 0.4) is 0 Å². The molecule has 0 saturated heterocycles. The van der Waals surface area contributed by atoms with Crippen molar-refractivity contribution in [2.24, 2.45) is 28.6 Å². The van der Waals surface area contributed by atoms with Gasteiger partial charge >= 0.3 is 0 Å². The molecule has 1 aromatic carbocycles. The highest BCUT2D eigenvalue weighted by Gasteiger charge is 2.68. The average molecular weight is 473 g/mol. The molecule has 182 valence electrons. The minimum atomic E-state index is -1.58. The summed E-state index contributed by atoms with van der Waals surface area (Å²) < 4.78 is 0. The molecule has 7 atom stereocenters. The Bertz CT molecular complexity index is 1300. The quantitative estimate of drug-likeness (QED) is 0.609. The Balaban J connectivity index is 1.30. The van der Waals surface area contributed by atoms with Crippen LogP contribution in [0.15, 0.2) is 60.3 Å². The molecular formula is C29H32N2O4. The van der Waals surface area contributed by atoms with Gasteiger partial charge in [0.2, 0.25) is 0 Å². The zero-order chi connectivity index (χ0) is 24.6. The first kappa shape index (κ1) is 22.6. The van der Waals surface area contributed by atoms with E-state index in [4.69, 9.17) is 0 Å². The molecule has 1 aromatic heterocycles. The number of aliphatic hydroxyl groups excluding tert-OH is 1. The van der Waals surface area contributed by atoms with Crippen LogP contribution in [-0.2, 0) is 9.59 Å². The molecule has 0 radical (unpaired) electrons. The normalized spacial score (nSPS) is 40.0. The van der Waals surface area contributed by atoms with Gasteiger partial charge in [0.25, 0.3) is 5.91 Å². The second-order valence-electron chi connectivity index (χ2n) is 11.5. The lowest BCUT2D eigenvalue weighted by molar-refractivity contribution is -0.174. The molecule has 2 aromatic rings. The van der Waals surface area contributed by atoms with Crippen LogP contribution < -0.4 is 5.32 Å². The largest absolute Gasteiger partial charge is 0.393 e. The molecule has 1 amide bonds. The third-order valence-corrected chi connectivity index (χ3v) is 9.87. The van der Waals surface area contributed by atoms with Crippen molar-refractivity contribution >= 4 is 28.3 Å². The van der Waals surface area contributed by atoms with Crippen LogP contribution in [0.1, 0.15) is 46.0 Å². The molecule has 4 aliphatic carbocycles. The van der Waals surface area contributed by atoms with E-state index in [0.717, 1.165) is 35.7 Å². The summed E-state index contributed by atoms with van der Waals surface area (Å²) in [6.07, 6.45) is 9.42. The minimum absolute atomic E-state index is 0.0150. The number of nitrogens with one attached hydrogen (secondary N) is 1. The number of ketones is 1. The van der Waals surface area contributed by atoms with E-state index in [1.54, 1.807) is 18.3 Å². The number of hydrogen-bond donors (Lipinski definition) is 3. The monoisotopic (exact) mass is 472 g/mol. The standard InChI is InChI=1S/C29H32N2O4/c1-27-11-9-20(32)14-18(27)7-8-21-22-10-12-29(35,28(22,2)15-24(33)25(21)27)26(34)31-19-13-17-5-3-4-6-23(17)30-16-19/h3-6,9,11,13-14,16,21-22,24-25,33,35H,7-8,10,12,15H2,1-2H3,(H,31,34)/t21?,22?,24?,25?,27?,28?,29-/m0/s1. The highest BCUT2D eigenvalue weighted by molar-refractivity contribution is 6.01. The van der Waals surface area contributed by atoms with E-state index in [1.807, 2.05) is 43.3 Å². The molecule has 0 aliphatic heterocycles. The lowest BCUT2D eigenvalue weighted by atomic mass is 9.46. The lowest BCUT2D eigenvalue weighted by Gasteiger charge is -2.59. The van der Waals surface area contributed by atoms with E-state index in [9.17, 15) is 19.8 Å². The number of aromatic nitrogens is 1. The van der Waals surface area contributed by atoms with Crippen molar-refractivity contribution in [2.45, 2.75) is 57.7 Å². The van der Waals surface area contributed by atoms with Gasteiger partial charge < -0.3 is 15.5 Å². The maximum absolute atomic E-state index is 13.6. The highest BCUT2D eigenvalue weighted by atomic mass is 16.3. The fourth-order valence-corrected chi connectivity index (χ4v) is 8.08. The first-order chi connectivity index (χ1) is 16.7. The summed E-state index contributed by atoms with van der Waals surface area (Å²) in [4.78, 5) is 30.0. The number of pyridine rings is 1. The van der Waals surface area contributed by atoms with Crippen LogP contribution in [0.4, 0.5) is 5.69 Å². The SMILES string of the molecule is CC12C=CC(=O)C=C1CCC1C2C(O)CC2(C)C1CC[C@]2(O)C(=O)Nc1cnc2ccccc2c1. The fourth-order valence-electron chi connectivity index (χ4n) is 8.08. The van der Waals surface area contributed by atoms with Crippen LogP contribution in [0.25, 0.3) is 10.9 Å². The number of fused-ring (bicyclic) bond motifs is 6. The summed E-state index contributed by atoms with van der Waals surface area (Å²) in [6.45, 7) is 4.11. The zero-order valence-electron chi connectivity index (χ0n) is 20.2. The Hall–Kier alpha value is -2.83. The number of rotatable bonds is 2. The van der Waals surface area contributed by atoms with Crippen molar-refractivity contribution in [3.8, 4) is 0 Å². The molecular weight excluding hydrogens is 440 g/mol. The molecule has 6 heteroatoms. The van der Waals surface area contributed by atoms with Gasteiger partial charge in [-0.05, 0) is 68.2 Å². The van der Waals surface area contributed by atoms with Crippen LogP contribution in [-0.4, -0.2) is 38.6 Å². The molecule has 6 unspecified atom stereocenters. The second kappa shape index (κ2) is 7.58. The van der Waals surface area contributed by atoms with Gasteiger partial charge in [0.15, 0.2) is 5.78 Å². The van der Waals surface area contributed by atoms with E-state index >= 15 is 0 Å². The van der Waals surface area contributed by atoms with Gasteiger partial charge in [-0.25, -0.2) is 0 Å². The Morgan fingerprint density at radius 3 is 2.83 bits per heavy atom. The van der Waals surface area contributed by atoms with Gasteiger partial charge in [0, 0.05) is 22.1 Å². The van der Waals surface area contributed by atoms with Crippen molar-refractivity contribution in [3.63, 3.8) is 0 Å². The summed E-state index contributed by atoms with van der Waals surface area (Å²) in [5.74, 6) is -0.143. The van der Waals surface area contributed by atoms with Gasteiger partial charge in [-0.2, -0.15) is 0 Å². The summed E-state index contributed by atoms with van der Waals surface area (Å²) in [5.41, 5.74) is -0.185. The molecule has 0 bridgehead atoms. The first-order valence-electron chi connectivity index (χ1n) is 12.7. The fraction of sp³-hybridized carbons (Fsp3) is 0.483. The third-order valence-electron chi connectivity index (χ3n) is 9.87. The Labute approximate surface area is 205 Å². The minimum Gasteiger partial charge on any atom is -0.393 e. The number of para-hydroxylation sites is 1. The molecule has 35 heavy (non-hydrogen) atoms. The highest BCUT2D eigenvalue weighted by Crippen LogP contribution is 2.67. The van der Waals surface area contributed by atoms with E-state index in [0.29, 0.717) is 18.5 Å². The zero-order valence-corrected chi connectivity index (χ0v) is 20.2. The second-order valence-corrected chi connectivity index (χ2v) is 11.5. The number of hydrogen-bond acceptors (Lipinski definition) is 5. The predicted molar refractivity (Wildman–Crippen MR) is 133 cm³/mol. The maximum atomic E-state index is 13.6. The average Bonchev–Trinajstić information content (AvgIpc) is 3.10. The number of carbonyl (C=O) groups excluding carboxylic acids is 2. The van der Waals surface area contributed by atoms with Crippen molar-refractivity contribution < 1.29 is 19.8 Å². The molecule has 0 spiro atoms. The molecule has 6 nitrogen and oxygen atoms in total. The van der Waals surface area contributed by atoms with Crippen molar-refractivity contribution in [1.82, 2.24) is 4.98 Å². The molecule has 4 aliphatic rings. The number of amides is 1. The predicted octanol–water partition coefficient (Wildman–Crippen LogP) is 4.18. The number of anilines is 1. The van der Waals surface area contributed by atoms with Gasteiger partial charge in [0.05, 0.1) is 23.5 Å². The summed E-state index contributed by atoms with van der Waals surface area (Å²) in [5, 5.41) is 27.3.